The molecule has 2 amide bonds. The first-order chi connectivity index (χ1) is 10.3. The van der Waals surface area contributed by atoms with Gasteiger partial charge in [-0.25, -0.2) is 4.79 Å². The maximum Gasteiger partial charge on any atom is 0.319 e. The molecule has 1 fully saturated rings. The van der Waals surface area contributed by atoms with Crippen LogP contribution < -0.4 is 10.6 Å². The number of hydrogen-bond donors (Lipinski definition) is 2. The van der Waals surface area contributed by atoms with Crippen LogP contribution in [0.25, 0.3) is 0 Å². The Hall–Kier alpha value is -2.29. The van der Waals surface area contributed by atoms with E-state index in [0.717, 1.165) is 18.5 Å². The SMILES string of the molecule is O=C(NCC1(c2ccccc2)CCC1)Nc1ccccc1. The van der Waals surface area contributed by atoms with Gasteiger partial charge < -0.3 is 10.6 Å². The van der Waals surface area contributed by atoms with Gasteiger partial charge in [0.25, 0.3) is 0 Å². The third-order valence-corrected chi connectivity index (χ3v) is 4.32. The maximum atomic E-state index is 12.0. The number of urea groups is 1. The van der Waals surface area contributed by atoms with E-state index in [4.69, 9.17) is 0 Å². The fourth-order valence-electron chi connectivity index (χ4n) is 2.91. The summed E-state index contributed by atoms with van der Waals surface area (Å²) < 4.78 is 0. The number of rotatable bonds is 4. The lowest BCUT2D eigenvalue weighted by Crippen LogP contribution is -2.46. The van der Waals surface area contributed by atoms with Crippen molar-refractivity contribution in [3.8, 4) is 0 Å². The highest BCUT2D eigenvalue weighted by Crippen LogP contribution is 2.43. The zero-order chi connectivity index (χ0) is 14.5. The number of carbonyl (C=O) groups excluding carboxylic acids is 1. The second-order valence-electron chi connectivity index (χ2n) is 5.67. The summed E-state index contributed by atoms with van der Waals surface area (Å²) in [6, 6.07) is 19.9. The predicted molar refractivity (Wildman–Crippen MR) is 85.4 cm³/mol. The lowest BCUT2D eigenvalue weighted by Gasteiger charge is -2.42. The first-order valence-electron chi connectivity index (χ1n) is 7.44. The number of amides is 2. The first-order valence-corrected chi connectivity index (χ1v) is 7.44. The number of nitrogens with one attached hydrogen (secondary N) is 2. The largest absolute Gasteiger partial charge is 0.337 e. The van der Waals surface area contributed by atoms with Gasteiger partial charge in [-0.2, -0.15) is 0 Å². The van der Waals surface area contributed by atoms with Crippen molar-refractivity contribution < 1.29 is 4.79 Å². The third kappa shape index (κ3) is 3.07. The second-order valence-corrected chi connectivity index (χ2v) is 5.67. The summed E-state index contributed by atoms with van der Waals surface area (Å²) in [6.07, 6.45) is 3.52. The zero-order valence-electron chi connectivity index (χ0n) is 12.0. The van der Waals surface area contributed by atoms with Crippen LogP contribution >= 0.6 is 0 Å². The molecule has 3 rings (SSSR count). The Morgan fingerprint density at radius 1 is 0.952 bits per heavy atom. The Morgan fingerprint density at radius 3 is 2.14 bits per heavy atom. The highest BCUT2D eigenvalue weighted by atomic mass is 16.2. The molecule has 0 radical (unpaired) electrons. The summed E-state index contributed by atoms with van der Waals surface area (Å²) in [5.74, 6) is 0. The maximum absolute atomic E-state index is 12.0. The van der Waals surface area contributed by atoms with E-state index < -0.39 is 0 Å². The molecule has 1 aliphatic rings. The van der Waals surface area contributed by atoms with Gasteiger partial charge in [-0.05, 0) is 30.5 Å². The molecule has 3 nitrogen and oxygen atoms in total. The zero-order valence-corrected chi connectivity index (χ0v) is 12.0. The summed E-state index contributed by atoms with van der Waals surface area (Å²) >= 11 is 0. The van der Waals surface area contributed by atoms with Gasteiger partial charge in [-0.3, -0.25) is 0 Å². The predicted octanol–water partition coefficient (Wildman–Crippen LogP) is 3.93. The topological polar surface area (TPSA) is 41.1 Å². The summed E-state index contributed by atoms with van der Waals surface area (Å²) in [4.78, 5) is 12.0. The molecule has 0 aliphatic heterocycles. The number of hydrogen-bond acceptors (Lipinski definition) is 1. The van der Waals surface area contributed by atoms with Crippen molar-refractivity contribution in [3.63, 3.8) is 0 Å². The van der Waals surface area contributed by atoms with Gasteiger partial charge in [0.1, 0.15) is 0 Å². The molecular formula is C18H20N2O. The van der Waals surface area contributed by atoms with Gasteiger partial charge >= 0.3 is 6.03 Å². The Labute approximate surface area is 125 Å². The summed E-state index contributed by atoms with van der Waals surface area (Å²) in [7, 11) is 0. The van der Waals surface area contributed by atoms with Crippen LogP contribution in [0.15, 0.2) is 60.7 Å². The van der Waals surface area contributed by atoms with Crippen LogP contribution in [-0.4, -0.2) is 12.6 Å². The van der Waals surface area contributed by atoms with E-state index in [-0.39, 0.29) is 11.4 Å². The smallest absolute Gasteiger partial charge is 0.319 e. The summed E-state index contributed by atoms with van der Waals surface area (Å²) in [5.41, 5.74) is 2.27. The molecular weight excluding hydrogens is 260 g/mol. The molecule has 0 atom stereocenters. The quantitative estimate of drug-likeness (QED) is 0.875. The molecule has 1 aliphatic carbocycles. The Bertz CT molecular complexity index is 591. The Morgan fingerprint density at radius 2 is 1.57 bits per heavy atom. The van der Waals surface area contributed by atoms with Gasteiger partial charge in [0, 0.05) is 17.6 Å². The van der Waals surface area contributed by atoms with Gasteiger partial charge in [0.15, 0.2) is 0 Å². The minimum atomic E-state index is -0.136. The molecule has 3 heteroatoms. The third-order valence-electron chi connectivity index (χ3n) is 4.32. The lowest BCUT2D eigenvalue weighted by atomic mass is 9.64. The monoisotopic (exact) mass is 280 g/mol. The molecule has 2 aromatic rings. The van der Waals surface area contributed by atoms with Crippen molar-refractivity contribution in [2.45, 2.75) is 24.7 Å². The molecule has 0 spiro atoms. The lowest BCUT2D eigenvalue weighted by molar-refractivity contribution is 0.222. The van der Waals surface area contributed by atoms with Crippen molar-refractivity contribution in [1.29, 1.82) is 0 Å². The van der Waals surface area contributed by atoms with E-state index in [0.29, 0.717) is 6.54 Å². The van der Waals surface area contributed by atoms with Crippen LogP contribution in [0.2, 0.25) is 0 Å². The van der Waals surface area contributed by atoms with Crippen LogP contribution in [0.5, 0.6) is 0 Å². The molecule has 108 valence electrons. The minimum Gasteiger partial charge on any atom is -0.337 e. The van der Waals surface area contributed by atoms with Crippen LogP contribution in [0.3, 0.4) is 0 Å². The van der Waals surface area contributed by atoms with E-state index in [1.54, 1.807) is 0 Å². The highest BCUT2D eigenvalue weighted by molar-refractivity contribution is 5.89. The first kappa shape index (κ1) is 13.7. The van der Waals surface area contributed by atoms with Crippen LogP contribution in [0.4, 0.5) is 10.5 Å². The minimum absolute atomic E-state index is 0.120. The molecule has 0 heterocycles. The van der Waals surface area contributed by atoms with E-state index in [1.165, 1.54) is 12.0 Å². The van der Waals surface area contributed by atoms with E-state index >= 15 is 0 Å². The van der Waals surface area contributed by atoms with E-state index in [9.17, 15) is 4.79 Å². The fraction of sp³-hybridized carbons (Fsp3) is 0.278. The van der Waals surface area contributed by atoms with Crippen molar-refractivity contribution in [2.24, 2.45) is 0 Å². The van der Waals surface area contributed by atoms with Crippen LogP contribution in [0.1, 0.15) is 24.8 Å². The Balaban J connectivity index is 1.60. The number of carbonyl (C=O) groups is 1. The van der Waals surface area contributed by atoms with E-state index in [2.05, 4.69) is 34.9 Å². The standard InChI is InChI=1S/C18H20N2O/c21-17(20-16-10-5-2-6-11-16)19-14-18(12-7-13-18)15-8-3-1-4-9-15/h1-6,8-11H,7,12-14H2,(H2,19,20,21). The van der Waals surface area contributed by atoms with Crippen LogP contribution in [-0.2, 0) is 5.41 Å². The molecule has 0 saturated heterocycles. The van der Waals surface area contributed by atoms with Crippen molar-refractivity contribution >= 4 is 11.7 Å². The molecule has 0 aromatic heterocycles. The highest BCUT2D eigenvalue weighted by Gasteiger charge is 2.38. The van der Waals surface area contributed by atoms with Crippen molar-refractivity contribution in [1.82, 2.24) is 5.32 Å². The fourth-order valence-corrected chi connectivity index (χ4v) is 2.91. The van der Waals surface area contributed by atoms with Gasteiger partial charge in [0.05, 0.1) is 0 Å². The van der Waals surface area contributed by atoms with Crippen molar-refractivity contribution in [3.05, 3.63) is 66.2 Å². The molecule has 21 heavy (non-hydrogen) atoms. The van der Waals surface area contributed by atoms with Crippen molar-refractivity contribution in [2.75, 3.05) is 11.9 Å². The molecule has 0 bridgehead atoms. The number of para-hydroxylation sites is 1. The Kier molecular flexibility index (Phi) is 3.91. The van der Waals surface area contributed by atoms with Gasteiger partial charge in [-0.15, -0.1) is 0 Å². The molecule has 2 aromatic carbocycles. The average Bonchev–Trinajstić information content (AvgIpc) is 2.48. The van der Waals surface area contributed by atoms with Crippen LogP contribution in [0, 0.1) is 0 Å². The number of anilines is 1. The molecule has 2 N–H and O–H groups in total. The van der Waals surface area contributed by atoms with Gasteiger partial charge in [0.2, 0.25) is 0 Å². The van der Waals surface area contributed by atoms with Gasteiger partial charge in [-0.1, -0.05) is 55.0 Å². The summed E-state index contributed by atoms with van der Waals surface area (Å²) in [6.45, 7) is 0.690. The average molecular weight is 280 g/mol. The van der Waals surface area contributed by atoms with E-state index in [1.807, 2.05) is 36.4 Å². The molecule has 1 saturated carbocycles. The number of benzene rings is 2. The molecule has 0 unspecified atom stereocenters. The summed E-state index contributed by atoms with van der Waals surface area (Å²) in [5, 5.41) is 5.89. The normalized spacial score (nSPS) is 15.8. The second kappa shape index (κ2) is 6.00.